The lowest BCUT2D eigenvalue weighted by Crippen LogP contribution is -2.16. The summed E-state index contributed by atoms with van der Waals surface area (Å²) in [5.41, 5.74) is 9.02. The fraction of sp³-hybridized carbons (Fsp3) is 0.333. The van der Waals surface area contributed by atoms with Gasteiger partial charge in [0.05, 0.1) is 39.8 Å². The van der Waals surface area contributed by atoms with E-state index in [4.69, 9.17) is 0 Å². The van der Waals surface area contributed by atoms with Crippen molar-refractivity contribution in [3.8, 4) is 12.1 Å². The van der Waals surface area contributed by atoms with Crippen molar-refractivity contribution in [3.63, 3.8) is 0 Å². The molecule has 5 aromatic rings. The van der Waals surface area contributed by atoms with Gasteiger partial charge in [-0.3, -0.25) is 0 Å². The van der Waals surface area contributed by atoms with Crippen molar-refractivity contribution in [1.82, 2.24) is 4.40 Å². The van der Waals surface area contributed by atoms with Crippen molar-refractivity contribution >= 4 is 38.1 Å². The van der Waals surface area contributed by atoms with E-state index in [2.05, 4.69) is 102 Å². The van der Waals surface area contributed by atoms with Crippen LogP contribution in [0.4, 0.5) is 0 Å². The summed E-state index contributed by atoms with van der Waals surface area (Å²) in [5.74, 6) is 0. The first-order chi connectivity index (χ1) is 15.4. The highest BCUT2D eigenvalue weighted by molar-refractivity contribution is 6.25. The van der Waals surface area contributed by atoms with Crippen LogP contribution in [0.2, 0.25) is 0 Å². The fourth-order valence-corrected chi connectivity index (χ4v) is 6.30. The Kier molecular flexibility index (Phi) is 4.19. The Bertz CT molecular complexity index is 1580. The zero-order valence-corrected chi connectivity index (χ0v) is 20.7. The van der Waals surface area contributed by atoms with E-state index < -0.39 is 0 Å². The third-order valence-electron chi connectivity index (χ3n) is 7.13. The number of hydrogen-bond donors (Lipinski definition) is 0. The number of nitrogens with zero attached hydrogens (tertiary/aromatic N) is 3. The van der Waals surface area contributed by atoms with Crippen LogP contribution >= 0.6 is 0 Å². The second-order valence-corrected chi connectivity index (χ2v) is 11.4. The van der Waals surface area contributed by atoms with Crippen molar-refractivity contribution < 1.29 is 0 Å². The zero-order chi connectivity index (χ0) is 24.0. The summed E-state index contributed by atoms with van der Waals surface area (Å²) in [4.78, 5) is 0. The molecular formula is C30H29N3. The Morgan fingerprint density at radius 1 is 0.697 bits per heavy atom. The molecule has 0 spiro atoms. The molecule has 3 heteroatoms. The van der Waals surface area contributed by atoms with Crippen molar-refractivity contribution in [2.24, 2.45) is 0 Å². The zero-order valence-electron chi connectivity index (χ0n) is 20.7. The molecule has 0 atom stereocenters. The van der Waals surface area contributed by atoms with Crippen LogP contribution in [0.1, 0.15) is 74.9 Å². The molecular weight excluding hydrogens is 402 g/mol. The maximum absolute atomic E-state index is 10.1. The van der Waals surface area contributed by atoms with E-state index in [9.17, 15) is 10.5 Å². The predicted octanol–water partition coefficient (Wildman–Crippen LogP) is 7.79. The normalized spacial score (nSPS) is 12.8. The van der Waals surface area contributed by atoms with Gasteiger partial charge in [0.1, 0.15) is 0 Å². The summed E-state index contributed by atoms with van der Waals surface area (Å²) >= 11 is 0. The monoisotopic (exact) mass is 431 g/mol. The standard InChI is InChI=1S/C30H29N3/c1-16-24-20-10-9-11-21-25-17(2)27(30(6,7)8)19(15-32)13-23(25)33(28(20)21)22(24)12-18(14-31)26(16)29(3,4)5/h9-13H,1-8H3. The third kappa shape index (κ3) is 2.66. The van der Waals surface area contributed by atoms with Crippen molar-refractivity contribution in [2.75, 3.05) is 0 Å². The van der Waals surface area contributed by atoms with E-state index in [0.29, 0.717) is 0 Å². The molecule has 0 radical (unpaired) electrons. The van der Waals surface area contributed by atoms with Gasteiger partial charge < -0.3 is 4.40 Å². The molecule has 0 aliphatic carbocycles. The summed E-state index contributed by atoms with van der Waals surface area (Å²) in [6.07, 6.45) is 0. The number of aryl methyl sites for hydroxylation is 2. The maximum atomic E-state index is 10.1. The Morgan fingerprint density at radius 2 is 1.09 bits per heavy atom. The lowest BCUT2D eigenvalue weighted by atomic mass is 9.79. The van der Waals surface area contributed by atoms with Gasteiger partial charge in [-0.15, -0.1) is 0 Å². The molecule has 0 N–H and O–H groups in total. The van der Waals surface area contributed by atoms with Gasteiger partial charge in [-0.1, -0.05) is 59.7 Å². The Morgan fingerprint density at radius 3 is 1.42 bits per heavy atom. The van der Waals surface area contributed by atoms with Crippen LogP contribution in [0.3, 0.4) is 0 Å². The summed E-state index contributed by atoms with van der Waals surface area (Å²) in [7, 11) is 0. The maximum Gasteiger partial charge on any atom is 0.0995 e. The van der Waals surface area contributed by atoms with E-state index in [1.54, 1.807) is 0 Å². The van der Waals surface area contributed by atoms with Crippen LogP contribution in [0, 0.1) is 36.5 Å². The average Bonchev–Trinajstić information content (AvgIpc) is 3.23. The highest BCUT2D eigenvalue weighted by atomic mass is 14.9. The molecule has 164 valence electrons. The van der Waals surface area contributed by atoms with Crippen LogP contribution in [0.25, 0.3) is 38.1 Å². The molecule has 0 aliphatic rings. The molecule has 3 nitrogen and oxygen atoms in total. The number of rotatable bonds is 0. The van der Waals surface area contributed by atoms with E-state index in [0.717, 1.165) is 33.3 Å². The highest BCUT2D eigenvalue weighted by Gasteiger charge is 2.29. The quantitative estimate of drug-likeness (QED) is 0.251. The predicted molar refractivity (Wildman–Crippen MR) is 137 cm³/mol. The fourth-order valence-electron chi connectivity index (χ4n) is 6.30. The van der Waals surface area contributed by atoms with Crippen molar-refractivity contribution in [1.29, 1.82) is 10.5 Å². The molecule has 2 heterocycles. The minimum atomic E-state index is -0.135. The van der Waals surface area contributed by atoms with E-state index >= 15 is 0 Å². The molecule has 0 amide bonds. The first-order valence-corrected chi connectivity index (χ1v) is 11.5. The van der Waals surface area contributed by atoms with E-state index in [1.807, 2.05) is 0 Å². The number of para-hydroxylation sites is 1. The van der Waals surface area contributed by atoms with Gasteiger partial charge in [0.25, 0.3) is 0 Å². The van der Waals surface area contributed by atoms with Gasteiger partial charge in [0.15, 0.2) is 0 Å². The molecule has 5 rings (SSSR count). The van der Waals surface area contributed by atoms with Gasteiger partial charge in [0.2, 0.25) is 0 Å². The van der Waals surface area contributed by atoms with Crippen LogP contribution in [0.5, 0.6) is 0 Å². The minimum absolute atomic E-state index is 0.135. The Hall–Kier alpha value is -3.56. The highest BCUT2D eigenvalue weighted by Crippen LogP contribution is 2.46. The average molecular weight is 432 g/mol. The molecule has 0 bridgehead atoms. The molecule has 0 fully saturated rings. The molecule has 3 aromatic carbocycles. The largest absolute Gasteiger partial charge is 0.308 e. The topological polar surface area (TPSA) is 52.0 Å². The van der Waals surface area contributed by atoms with Gasteiger partial charge in [-0.2, -0.15) is 10.5 Å². The molecule has 0 aliphatic heterocycles. The number of fused-ring (bicyclic) bond motifs is 6. The Labute approximate surface area is 195 Å². The first kappa shape index (κ1) is 21.3. The van der Waals surface area contributed by atoms with Crippen molar-refractivity contribution in [3.05, 3.63) is 63.7 Å². The van der Waals surface area contributed by atoms with Gasteiger partial charge >= 0.3 is 0 Å². The first-order valence-electron chi connectivity index (χ1n) is 11.5. The third-order valence-corrected chi connectivity index (χ3v) is 7.13. The van der Waals surface area contributed by atoms with E-state index in [1.165, 1.54) is 38.2 Å². The van der Waals surface area contributed by atoms with Gasteiger partial charge in [0, 0.05) is 21.5 Å². The molecule has 33 heavy (non-hydrogen) atoms. The lowest BCUT2D eigenvalue weighted by Gasteiger charge is -2.24. The molecule has 0 saturated carbocycles. The van der Waals surface area contributed by atoms with Crippen LogP contribution in [-0.2, 0) is 10.8 Å². The van der Waals surface area contributed by atoms with E-state index in [-0.39, 0.29) is 10.8 Å². The SMILES string of the molecule is Cc1c(C(C)(C)C)c(C#N)cc2c1c1cccc3c4c(C)c(C(C)(C)C)c(C#N)cc4n2c13. The summed E-state index contributed by atoms with van der Waals surface area (Å²) < 4.78 is 2.29. The lowest BCUT2D eigenvalue weighted by molar-refractivity contribution is 0.585. The van der Waals surface area contributed by atoms with Crippen LogP contribution in [0.15, 0.2) is 30.3 Å². The van der Waals surface area contributed by atoms with Gasteiger partial charge in [-0.05, 0) is 59.1 Å². The Balaban J connectivity index is 2.12. The van der Waals surface area contributed by atoms with Crippen LogP contribution < -0.4 is 0 Å². The van der Waals surface area contributed by atoms with Crippen LogP contribution in [-0.4, -0.2) is 4.40 Å². The molecule has 2 aromatic heterocycles. The summed E-state index contributed by atoms with van der Waals surface area (Å²) in [6, 6.07) is 15.6. The number of hydrogen-bond acceptors (Lipinski definition) is 2. The second kappa shape index (κ2) is 6.49. The molecule has 0 unspecified atom stereocenters. The number of nitriles is 2. The minimum Gasteiger partial charge on any atom is -0.308 e. The molecule has 0 saturated heterocycles. The number of benzene rings is 3. The number of aromatic nitrogens is 1. The smallest absolute Gasteiger partial charge is 0.0995 e. The second-order valence-electron chi connectivity index (χ2n) is 11.4. The van der Waals surface area contributed by atoms with Crippen molar-refractivity contribution in [2.45, 2.75) is 66.2 Å². The summed E-state index contributed by atoms with van der Waals surface area (Å²) in [6.45, 7) is 17.3. The summed E-state index contributed by atoms with van der Waals surface area (Å²) in [5, 5.41) is 25.0. The van der Waals surface area contributed by atoms with Gasteiger partial charge in [-0.25, -0.2) is 0 Å².